The highest BCUT2D eigenvalue weighted by Crippen LogP contribution is 2.23. The summed E-state index contributed by atoms with van der Waals surface area (Å²) in [6.45, 7) is 1.49. The molecule has 0 atom stereocenters. The molecule has 0 aliphatic rings. The minimum atomic E-state index is -4.59. The Morgan fingerprint density at radius 3 is 2.50 bits per heavy atom. The Hall–Kier alpha value is -1.59. The molecule has 1 rings (SSSR count). The van der Waals surface area contributed by atoms with Crippen molar-refractivity contribution in [3.8, 4) is 0 Å². The SMILES string of the molecule is Cc1cccc(F)c1NC(=O)CC(F)(F)F. The molecular formula is C10H9F4NO. The van der Waals surface area contributed by atoms with E-state index in [9.17, 15) is 22.4 Å². The van der Waals surface area contributed by atoms with Crippen LogP contribution in [0.5, 0.6) is 0 Å². The third-order valence-corrected chi connectivity index (χ3v) is 1.85. The summed E-state index contributed by atoms with van der Waals surface area (Å²) < 4.78 is 48.7. The van der Waals surface area contributed by atoms with Crippen LogP contribution in [0.3, 0.4) is 0 Å². The largest absolute Gasteiger partial charge is 0.397 e. The number of halogens is 4. The summed E-state index contributed by atoms with van der Waals surface area (Å²) in [6.07, 6.45) is -6.22. The van der Waals surface area contributed by atoms with Gasteiger partial charge in [-0.25, -0.2) is 4.39 Å². The number of carbonyl (C=O) groups is 1. The Kier molecular flexibility index (Phi) is 3.51. The van der Waals surface area contributed by atoms with Gasteiger partial charge in [0.05, 0.1) is 5.69 Å². The van der Waals surface area contributed by atoms with Crippen LogP contribution < -0.4 is 5.32 Å². The number of amides is 1. The van der Waals surface area contributed by atoms with Crippen molar-refractivity contribution in [2.45, 2.75) is 19.5 Å². The molecule has 88 valence electrons. The molecule has 0 bridgehead atoms. The fraction of sp³-hybridized carbons (Fsp3) is 0.300. The van der Waals surface area contributed by atoms with Crippen LogP contribution in [-0.4, -0.2) is 12.1 Å². The second-order valence-corrected chi connectivity index (χ2v) is 3.27. The molecule has 16 heavy (non-hydrogen) atoms. The monoisotopic (exact) mass is 235 g/mol. The fourth-order valence-corrected chi connectivity index (χ4v) is 1.16. The Balaban J connectivity index is 2.78. The minimum Gasteiger partial charge on any atom is -0.323 e. The summed E-state index contributed by atoms with van der Waals surface area (Å²) in [6, 6.07) is 3.96. The zero-order valence-corrected chi connectivity index (χ0v) is 8.36. The average Bonchev–Trinajstić information content (AvgIpc) is 2.08. The number of hydrogen-bond acceptors (Lipinski definition) is 1. The predicted molar refractivity (Wildman–Crippen MR) is 50.4 cm³/mol. The molecule has 0 aliphatic carbocycles. The second-order valence-electron chi connectivity index (χ2n) is 3.27. The quantitative estimate of drug-likeness (QED) is 0.784. The highest BCUT2D eigenvalue weighted by atomic mass is 19.4. The van der Waals surface area contributed by atoms with E-state index in [0.717, 1.165) is 6.07 Å². The van der Waals surface area contributed by atoms with E-state index in [-0.39, 0.29) is 5.69 Å². The van der Waals surface area contributed by atoms with E-state index in [1.165, 1.54) is 19.1 Å². The van der Waals surface area contributed by atoms with Gasteiger partial charge in [0.1, 0.15) is 12.2 Å². The first-order chi connectivity index (χ1) is 7.29. The van der Waals surface area contributed by atoms with E-state index in [2.05, 4.69) is 0 Å². The Labute approximate surface area is 89.3 Å². The molecule has 0 heterocycles. The summed E-state index contributed by atoms with van der Waals surface area (Å²) in [5, 5.41) is 1.90. The van der Waals surface area contributed by atoms with Crippen LogP contribution in [0, 0.1) is 12.7 Å². The van der Waals surface area contributed by atoms with Crippen LogP contribution in [0.4, 0.5) is 23.2 Å². The molecule has 6 heteroatoms. The van der Waals surface area contributed by atoms with Gasteiger partial charge in [-0.05, 0) is 18.6 Å². The summed E-state index contributed by atoms with van der Waals surface area (Å²) >= 11 is 0. The number of rotatable bonds is 2. The maximum absolute atomic E-state index is 13.1. The highest BCUT2D eigenvalue weighted by Gasteiger charge is 2.31. The standard InChI is InChI=1S/C10H9F4NO/c1-6-3-2-4-7(11)9(6)15-8(16)5-10(12,13)14/h2-4H,5H2,1H3,(H,15,16). The van der Waals surface area contributed by atoms with Crippen molar-refractivity contribution in [1.82, 2.24) is 0 Å². The molecule has 0 aliphatic heterocycles. The summed E-state index contributed by atoms with van der Waals surface area (Å²) in [7, 11) is 0. The van der Waals surface area contributed by atoms with Crippen molar-refractivity contribution in [3.05, 3.63) is 29.6 Å². The van der Waals surface area contributed by atoms with Gasteiger partial charge >= 0.3 is 6.18 Å². The zero-order valence-electron chi connectivity index (χ0n) is 8.36. The Morgan fingerprint density at radius 1 is 1.38 bits per heavy atom. The van der Waals surface area contributed by atoms with Gasteiger partial charge in [0, 0.05) is 0 Å². The third-order valence-electron chi connectivity index (χ3n) is 1.85. The second kappa shape index (κ2) is 4.51. The Morgan fingerprint density at radius 2 is 2.00 bits per heavy atom. The molecule has 1 aromatic carbocycles. The maximum Gasteiger partial charge on any atom is 0.397 e. The smallest absolute Gasteiger partial charge is 0.323 e. The summed E-state index contributed by atoms with van der Waals surface area (Å²) in [5.41, 5.74) is 0.160. The minimum absolute atomic E-state index is 0.211. The number of benzene rings is 1. The topological polar surface area (TPSA) is 29.1 Å². The van der Waals surface area contributed by atoms with E-state index >= 15 is 0 Å². The number of aryl methyl sites for hydroxylation is 1. The van der Waals surface area contributed by atoms with E-state index in [4.69, 9.17) is 0 Å². The van der Waals surface area contributed by atoms with Crippen LogP contribution >= 0.6 is 0 Å². The van der Waals surface area contributed by atoms with E-state index < -0.39 is 24.3 Å². The van der Waals surface area contributed by atoms with Crippen LogP contribution in [-0.2, 0) is 4.79 Å². The number of anilines is 1. The average molecular weight is 235 g/mol. The van der Waals surface area contributed by atoms with Crippen molar-refractivity contribution in [1.29, 1.82) is 0 Å². The lowest BCUT2D eigenvalue weighted by Crippen LogP contribution is -2.22. The fourth-order valence-electron chi connectivity index (χ4n) is 1.16. The van der Waals surface area contributed by atoms with Gasteiger partial charge in [0.15, 0.2) is 0 Å². The van der Waals surface area contributed by atoms with Gasteiger partial charge in [-0.1, -0.05) is 12.1 Å². The first-order valence-electron chi connectivity index (χ1n) is 4.41. The van der Waals surface area contributed by atoms with Crippen LogP contribution in [0.1, 0.15) is 12.0 Å². The van der Waals surface area contributed by atoms with Gasteiger partial charge in [-0.3, -0.25) is 4.79 Å². The predicted octanol–water partition coefficient (Wildman–Crippen LogP) is 3.03. The number of carbonyl (C=O) groups excluding carboxylic acids is 1. The van der Waals surface area contributed by atoms with Crippen molar-refractivity contribution in [2.24, 2.45) is 0 Å². The van der Waals surface area contributed by atoms with E-state index in [0.29, 0.717) is 5.56 Å². The van der Waals surface area contributed by atoms with E-state index in [1.807, 2.05) is 5.32 Å². The molecule has 2 nitrogen and oxygen atoms in total. The molecule has 0 fully saturated rings. The number of alkyl halides is 3. The lowest BCUT2D eigenvalue weighted by atomic mass is 10.2. The lowest BCUT2D eigenvalue weighted by molar-refractivity contribution is -0.150. The van der Waals surface area contributed by atoms with Crippen LogP contribution in [0.25, 0.3) is 0 Å². The van der Waals surface area contributed by atoms with Gasteiger partial charge in [-0.2, -0.15) is 13.2 Å². The number of hydrogen-bond donors (Lipinski definition) is 1. The van der Waals surface area contributed by atoms with Gasteiger partial charge < -0.3 is 5.32 Å². The van der Waals surface area contributed by atoms with Crippen molar-refractivity contribution in [3.63, 3.8) is 0 Å². The molecule has 0 unspecified atom stereocenters. The normalized spacial score (nSPS) is 11.3. The number of nitrogens with one attached hydrogen (secondary N) is 1. The highest BCUT2D eigenvalue weighted by molar-refractivity contribution is 5.92. The molecule has 1 aromatic rings. The molecule has 0 saturated carbocycles. The van der Waals surface area contributed by atoms with Crippen LogP contribution in [0.15, 0.2) is 18.2 Å². The Bertz CT molecular complexity index is 380. The van der Waals surface area contributed by atoms with Gasteiger partial charge in [-0.15, -0.1) is 0 Å². The maximum atomic E-state index is 13.1. The molecule has 0 spiro atoms. The molecular weight excluding hydrogens is 226 g/mol. The van der Waals surface area contributed by atoms with Crippen molar-refractivity contribution in [2.75, 3.05) is 5.32 Å². The molecule has 1 N–H and O–H groups in total. The molecule has 0 radical (unpaired) electrons. The first kappa shape index (κ1) is 12.5. The molecule has 0 saturated heterocycles. The lowest BCUT2D eigenvalue weighted by Gasteiger charge is -2.10. The molecule has 0 aromatic heterocycles. The first-order valence-corrected chi connectivity index (χ1v) is 4.41. The summed E-state index contributed by atoms with van der Waals surface area (Å²) in [4.78, 5) is 10.9. The third kappa shape index (κ3) is 3.52. The van der Waals surface area contributed by atoms with Crippen molar-refractivity contribution < 1.29 is 22.4 Å². The zero-order chi connectivity index (χ0) is 12.3. The van der Waals surface area contributed by atoms with Gasteiger partial charge in [0.2, 0.25) is 5.91 Å². The number of para-hydroxylation sites is 1. The summed E-state index contributed by atoms with van der Waals surface area (Å²) in [5.74, 6) is -2.03. The molecule has 1 amide bonds. The van der Waals surface area contributed by atoms with Crippen LogP contribution in [0.2, 0.25) is 0 Å². The van der Waals surface area contributed by atoms with Gasteiger partial charge in [0.25, 0.3) is 0 Å². The van der Waals surface area contributed by atoms with Crippen molar-refractivity contribution >= 4 is 11.6 Å². The van der Waals surface area contributed by atoms with E-state index in [1.54, 1.807) is 0 Å².